The van der Waals surface area contributed by atoms with Gasteiger partial charge in [-0.15, -0.1) is 0 Å². The van der Waals surface area contributed by atoms with Crippen molar-refractivity contribution in [3.8, 4) is 0 Å². The van der Waals surface area contributed by atoms with E-state index in [1.807, 2.05) is 18.2 Å². The number of aromatic amines is 1. The van der Waals surface area contributed by atoms with Crippen LogP contribution in [-0.4, -0.2) is 28.2 Å². The topological polar surface area (TPSA) is 82.3 Å². The molecule has 1 aromatic carbocycles. The number of pyridine rings is 1. The summed E-state index contributed by atoms with van der Waals surface area (Å²) in [6.07, 6.45) is 2.15. The van der Waals surface area contributed by atoms with E-state index in [4.69, 9.17) is 0 Å². The number of fused-ring (bicyclic) bond motifs is 1. The summed E-state index contributed by atoms with van der Waals surface area (Å²) < 4.78 is 0. The summed E-state index contributed by atoms with van der Waals surface area (Å²) in [6.45, 7) is 0.217. The van der Waals surface area contributed by atoms with Gasteiger partial charge in [0.25, 0.3) is 11.5 Å². The monoisotopic (exact) mass is 323 g/mol. The van der Waals surface area contributed by atoms with E-state index in [1.54, 1.807) is 18.2 Å². The first-order chi connectivity index (χ1) is 11.6. The fourth-order valence-electron chi connectivity index (χ4n) is 3.01. The van der Waals surface area contributed by atoms with Crippen molar-refractivity contribution in [2.45, 2.75) is 25.3 Å². The fraction of sp³-hybridized carbons (Fsp3) is 0.278. The molecule has 0 unspecified atom stereocenters. The Morgan fingerprint density at radius 3 is 2.58 bits per heavy atom. The number of aromatic nitrogens is 1. The molecule has 2 heterocycles. The van der Waals surface area contributed by atoms with Gasteiger partial charge in [0.15, 0.2) is 0 Å². The number of anilines is 1. The molecule has 0 spiro atoms. The van der Waals surface area contributed by atoms with Gasteiger partial charge in [-0.2, -0.15) is 0 Å². The van der Waals surface area contributed by atoms with Crippen molar-refractivity contribution in [2.75, 3.05) is 11.9 Å². The van der Waals surface area contributed by atoms with E-state index in [1.165, 1.54) is 4.90 Å². The molecule has 0 radical (unpaired) electrons. The van der Waals surface area contributed by atoms with Gasteiger partial charge in [0, 0.05) is 17.9 Å². The maximum Gasteiger partial charge on any atom is 0.261 e. The zero-order valence-electron chi connectivity index (χ0n) is 13.0. The van der Waals surface area contributed by atoms with Crippen molar-refractivity contribution < 1.29 is 9.59 Å². The number of nitrogens with zero attached hydrogens (tertiary/aromatic N) is 1. The number of carbonyl (C=O) groups is 2. The Kier molecular flexibility index (Phi) is 3.45. The molecule has 0 bridgehead atoms. The largest absolute Gasteiger partial charge is 0.325 e. The van der Waals surface area contributed by atoms with Crippen molar-refractivity contribution in [1.29, 1.82) is 0 Å². The van der Waals surface area contributed by atoms with Crippen LogP contribution < -0.4 is 10.9 Å². The number of amides is 2. The quantitative estimate of drug-likeness (QED) is 0.885. The van der Waals surface area contributed by atoms with Crippen LogP contribution in [0.3, 0.4) is 0 Å². The zero-order valence-corrected chi connectivity index (χ0v) is 13.0. The van der Waals surface area contributed by atoms with E-state index in [0.29, 0.717) is 11.6 Å². The minimum atomic E-state index is -0.426. The average molecular weight is 323 g/mol. The molecule has 1 aliphatic heterocycles. The van der Waals surface area contributed by atoms with Gasteiger partial charge in [0.2, 0.25) is 5.91 Å². The molecule has 0 atom stereocenters. The lowest BCUT2D eigenvalue weighted by molar-refractivity contribution is -0.116. The number of H-pyrrole nitrogens is 1. The maximum atomic E-state index is 12.8. The standard InChI is InChI=1S/C18H17N3O3/c22-16-10-21(9-12-3-1-2-4-14(12)19-16)18(24)13-7-8-15(11-5-6-11)20-17(13)23/h1-4,7-8,11H,5-6,9-10H2,(H,19,22)(H,20,23). The lowest BCUT2D eigenvalue weighted by Crippen LogP contribution is -2.38. The van der Waals surface area contributed by atoms with Gasteiger partial charge in [-0.05, 0) is 42.5 Å². The number of hydrogen-bond acceptors (Lipinski definition) is 3. The first kappa shape index (κ1) is 14.7. The first-order valence-electron chi connectivity index (χ1n) is 8.02. The molecule has 2 aromatic rings. The Bertz CT molecular complexity index is 883. The van der Waals surface area contributed by atoms with E-state index in [-0.39, 0.29) is 30.1 Å². The summed E-state index contributed by atoms with van der Waals surface area (Å²) in [5, 5.41) is 2.79. The normalized spacial score (nSPS) is 17.0. The van der Waals surface area contributed by atoms with Crippen molar-refractivity contribution in [3.05, 3.63) is 63.6 Å². The van der Waals surface area contributed by atoms with Crippen LogP contribution in [0.5, 0.6) is 0 Å². The molecule has 122 valence electrons. The van der Waals surface area contributed by atoms with Gasteiger partial charge in [-0.3, -0.25) is 14.4 Å². The van der Waals surface area contributed by atoms with Crippen LogP contribution in [0, 0.1) is 0 Å². The van der Waals surface area contributed by atoms with Crippen LogP contribution in [-0.2, 0) is 11.3 Å². The summed E-state index contributed by atoms with van der Waals surface area (Å²) in [4.78, 5) is 41.3. The van der Waals surface area contributed by atoms with Crippen molar-refractivity contribution in [3.63, 3.8) is 0 Å². The molecule has 2 aliphatic rings. The lowest BCUT2D eigenvalue weighted by Gasteiger charge is -2.19. The van der Waals surface area contributed by atoms with Crippen LogP contribution >= 0.6 is 0 Å². The smallest absolute Gasteiger partial charge is 0.261 e. The minimum Gasteiger partial charge on any atom is -0.325 e. The van der Waals surface area contributed by atoms with Crippen molar-refractivity contribution >= 4 is 17.5 Å². The van der Waals surface area contributed by atoms with E-state index in [0.717, 1.165) is 24.1 Å². The Labute approximate surface area is 138 Å². The molecule has 2 amide bonds. The van der Waals surface area contributed by atoms with E-state index in [9.17, 15) is 14.4 Å². The predicted molar refractivity (Wildman–Crippen MR) is 88.8 cm³/mol. The van der Waals surface area contributed by atoms with Crippen LogP contribution in [0.1, 0.15) is 40.4 Å². The van der Waals surface area contributed by atoms with Gasteiger partial charge in [0.1, 0.15) is 12.1 Å². The number of para-hydroxylation sites is 1. The molecule has 6 heteroatoms. The number of benzene rings is 1. The number of nitrogens with one attached hydrogen (secondary N) is 2. The Morgan fingerprint density at radius 1 is 1.04 bits per heavy atom. The van der Waals surface area contributed by atoms with Gasteiger partial charge < -0.3 is 15.2 Å². The summed E-state index contributed by atoms with van der Waals surface area (Å²) in [6, 6.07) is 10.7. The van der Waals surface area contributed by atoms with Gasteiger partial charge in [0.05, 0.1) is 0 Å². The van der Waals surface area contributed by atoms with Crippen molar-refractivity contribution in [2.24, 2.45) is 0 Å². The Hall–Kier alpha value is -2.89. The third-order valence-corrected chi connectivity index (χ3v) is 4.45. The lowest BCUT2D eigenvalue weighted by atomic mass is 10.1. The second-order valence-electron chi connectivity index (χ2n) is 6.30. The Balaban J connectivity index is 1.64. The summed E-state index contributed by atoms with van der Waals surface area (Å²) in [5.41, 5.74) is 2.13. The number of rotatable bonds is 2. The molecule has 1 saturated carbocycles. The third kappa shape index (κ3) is 2.71. The maximum absolute atomic E-state index is 12.8. The van der Waals surface area contributed by atoms with Crippen molar-refractivity contribution in [1.82, 2.24) is 9.88 Å². The highest BCUT2D eigenvalue weighted by Gasteiger charge is 2.28. The molecule has 2 N–H and O–H groups in total. The summed E-state index contributed by atoms with van der Waals surface area (Å²) in [5.74, 6) is -0.275. The highest BCUT2D eigenvalue weighted by molar-refractivity contribution is 6.00. The third-order valence-electron chi connectivity index (χ3n) is 4.45. The molecular formula is C18H17N3O3. The molecule has 0 saturated heterocycles. The van der Waals surface area contributed by atoms with Crippen LogP contribution in [0.25, 0.3) is 0 Å². The molecule has 4 rings (SSSR count). The summed E-state index contributed by atoms with van der Waals surface area (Å²) >= 11 is 0. The molecule has 1 aromatic heterocycles. The number of carbonyl (C=O) groups excluding carboxylic acids is 2. The van der Waals surface area contributed by atoms with E-state index in [2.05, 4.69) is 10.3 Å². The van der Waals surface area contributed by atoms with E-state index < -0.39 is 5.91 Å². The second kappa shape index (κ2) is 5.63. The highest BCUT2D eigenvalue weighted by Crippen LogP contribution is 2.38. The highest BCUT2D eigenvalue weighted by atomic mass is 16.2. The minimum absolute atomic E-state index is 0.0721. The fourth-order valence-corrected chi connectivity index (χ4v) is 3.01. The van der Waals surface area contributed by atoms with Gasteiger partial charge in [-0.25, -0.2) is 0 Å². The molecule has 24 heavy (non-hydrogen) atoms. The van der Waals surface area contributed by atoms with Gasteiger partial charge >= 0.3 is 0 Å². The average Bonchev–Trinajstić information content (AvgIpc) is 3.40. The first-order valence-corrected chi connectivity index (χ1v) is 8.02. The molecule has 6 nitrogen and oxygen atoms in total. The number of hydrogen-bond donors (Lipinski definition) is 2. The molecule has 1 aliphatic carbocycles. The SMILES string of the molecule is O=C1CN(C(=O)c2ccc(C3CC3)[nH]c2=O)Cc2ccccc2N1. The van der Waals surface area contributed by atoms with Crippen LogP contribution in [0.4, 0.5) is 5.69 Å². The zero-order chi connectivity index (χ0) is 16.7. The second-order valence-corrected chi connectivity index (χ2v) is 6.30. The van der Waals surface area contributed by atoms with Crippen LogP contribution in [0.2, 0.25) is 0 Å². The van der Waals surface area contributed by atoms with Crippen LogP contribution in [0.15, 0.2) is 41.2 Å². The van der Waals surface area contributed by atoms with E-state index >= 15 is 0 Å². The molecular weight excluding hydrogens is 306 g/mol. The summed E-state index contributed by atoms with van der Waals surface area (Å²) in [7, 11) is 0. The Morgan fingerprint density at radius 2 is 1.83 bits per heavy atom. The van der Waals surface area contributed by atoms with Gasteiger partial charge in [-0.1, -0.05) is 18.2 Å². The predicted octanol–water partition coefficient (Wildman–Crippen LogP) is 1.85. The molecule has 1 fully saturated rings.